The third-order valence-corrected chi connectivity index (χ3v) is 8.71. The highest BCUT2D eigenvalue weighted by atomic mass is 16.2. The Kier molecular flexibility index (Phi) is 10.4. The molecular formula is C28H49N5O4. The van der Waals surface area contributed by atoms with Gasteiger partial charge in [0.05, 0.1) is 6.04 Å². The highest BCUT2D eigenvalue weighted by Crippen LogP contribution is 2.30. The Morgan fingerprint density at radius 2 is 1.27 bits per heavy atom. The van der Waals surface area contributed by atoms with Gasteiger partial charge in [0.15, 0.2) is 0 Å². The molecule has 3 fully saturated rings. The van der Waals surface area contributed by atoms with Crippen LogP contribution in [0.1, 0.15) is 104 Å². The summed E-state index contributed by atoms with van der Waals surface area (Å²) in [7, 11) is 0. The number of carbonyl (C=O) groups excluding carboxylic acids is 4. The Hall–Kier alpha value is -2.16. The fourth-order valence-corrected chi connectivity index (χ4v) is 6.26. The smallest absolute Gasteiger partial charge is 0.243 e. The van der Waals surface area contributed by atoms with Crippen molar-refractivity contribution in [2.75, 3.05) is 6.54 Å². The highest BCUT2D eigenvalue weighted by Gasteiger charge is 2.41. The zero-order valence-electron chi connectivity index (χ0n) is 23.1. The largest absolute Gasteiger partial charge is 0.368 e. The van der Waals surface area contributed by atoms with Gasteiger partial charge in [0, 0.05) is 6.54 Å². The van der Waals surface area contributed by atoms with Crippen LogP contribution < -0.4 is 22.1 Å². The standard InChI is InChI=1S/C28H49N5O4/c1-28(2,3)23(29)27(37)33-17-11-10-16-20(33)25(35)32-22(19-14-8-5-9-15-19)26(36)31-21(24(30)34)18-12-6-4-7-13-18/h18-23H,4-17,29H2,1-3H3,(H2,30,34)(H,31,36)(H,32,35)/t20-,21+,22+,23-/m1/s1. The van der Waals surface area contributed by atoms with Gasteiger partial charge in [-0.3, -0.25) is 19.2 Å². The maximum atomic E-state index is 13.6. The minimum Gasteiger partial charge on any atom is -0.368 e. The van der Waals surface area contributed by atoms with Crippen LogP contribution in [0.2, 0.25) is 0 Å². The summed E-state index contributed by atoms with van der Waals surface area (Å²) in [6, 6.07) is -2.86. The summed E-state index contributed by atoms with van der Waals surface area (Å²) in [5, 5.41) is 5.96. The van der Waals surface area contributed by atoms with E-state index in [0.717, 1.165) is 77.0 Å². The van der Waals surface area contributed by atoms with E-state index in [4.69, 9.17) is 11.5 Å². The van der Waals surface area contributed by atoms with Crippen molar-refractivity contribution >= 4 is 23.6 Å². The minimum atomic E-state index is -0.756. The minimum absolute atomic E-state index is 0.0119. The van der Waals surface area contributed by atoms with Gasteiger partial charge in [-0.05, 0) is 62.2 Å². The molecule has 1 aliphatic heterocycles. The fourth-order valence-electron chi connectivity index (χ4n) is 6.26. The van der Waals surface area contributed by atoms with Crippen molar-refractivity contribution in [3.05, 3.63) is 0 Å². The molecule has 2 saturated carbocycles. The molecule has 3 aliphatic rings. The summed E-state index contributed by atoms with van der Waals surface area (Å²) in [5.41, 5.74) is 11.6. The lowest BCUT2D eigenvalue weighted by Crippen LogP contribution is -2.62. The van der Waals surface area contributed by atoms with Crippen molar-refractivity contribution in [1.82, 2.24) is 15.5 Å². The van der Waals surface area contributed by atoms with Crippen LogP contribution in [0.25, 0.3) is 0 Å². The maximum absolute atomic E-state index is 13.6. The Bertz CT molecular complexity index is 814. The molecule has 6 N–H and O–H groups in total. The molecule has 0 unspecified atom stereocenters. The van der Waals surface area contributed by atoms with Crippen LogP contribution in [-0.2, 0) is 19.2 Å². The molecule has 1 saturated heterocycles. The second kappa shape index (κ2) is 13.1. The summed E-state index contributed by atoms with van der Waals surface area (Å²) in [5.74, 6) is -1.38. The summed E-state index contributed by atoms with van der Waals surface area (Å²) >= 11 is 0. The zero-order valence-corrected chi connectivity index (χ0v) is 23.1. The first-order valence-corrected chi connectivity index (χ1v) is 14.5. The van der Waals surface area contributed by atoms with Crippen LogP contribution in [0.5, 0.6) is 0 Å². The van der Waals surface area contributed by atoms with E-state index in [1.807, 2.05) is 20.8 Å². The average molecular weight is 520 g/mol. The molecule has 2 aliphatic carbocycles. The molecule has 0 aromatic rings. The molecule has 37 heavy (non-hydrogen) atoms. The van der Waals surface area contributed by atoms with Gasteiger partial charge in [-0.25, -0.2) is 0 Å². The number of nitrogens with zero attached hydrogens (tertiary/aromatic N) is 1. The van der Waals surface area contributed by atoms with Crippen molar-refractivity contribution in [2.24, 2.45) is 28.7 Å². The van der Waals surface area contributed by atoms with Crippen LogP contribution in [0, 0.1) is 17.3 Å². The number of nitrogens with two attached hydrogens (primary N) is 2. The average Bonchev–Trinajstić information content (AvgIpc) is 2.89. The van der Waals surface area contributed by atoms with E-state index in [0.29, 0.717) is 13.0 Å². The molecule has 4 atom stereocenters. The number of hydrogen-bond donors (Lipinski definition) is 4. The third kappa shape index (κ3) is 7.68. The Balaban J connectivity index is 1.77. The monoisotopic (exact) mass is 519 g/mol. The number of nitrogens with one attached hydrogen (secondary N) is 2. The molecule has 3 rings (SSSR count). The highest BCUT2D eigenvalue weighted by molar-refractivity contribution is 5.95. The van der Waals surface area contributed by atoms with Crippen LogP contribution in [0.4, 0.5) is 0 Å². The van der Waals surface area contributed by atoms with Gasteiger partial charge in [0.25, 0.3) is 0 Å². The van der Waals surface area contributed by atoms with Crippen molar-refractivity contribution in [2.45, 2.75) is 128 Å². The number of rotatable bonds is 8. The van der Waals surface area contributed by atoms with Gasteiger partial charge in [-0.2, -0.15) is 0 Å². The zero-order chi connectivity index (χ0) is 27.2. The number of likely N-dealkylation sites (tertiary alicyclic amines) is 1. The molecule has 4 amide bonds. The molecule has 0 bridgehead atoms. The van der Waals surface area contributed by atoms with E-state index in [-0.39, 0.29) is 29.6 Å². The predicted octanol–water partition coefficient (Wildman–Crippen LogP) is 2.36. The molecule has 0 spiro atoms. The van der Waals surface area contributed by atoms with E-state index >= 15 is 0 Å². The lowest BCUT2D eigenvalue weighted by molar-refractivity contribution is -0.146. The quantitative estimate of drug-likeness (QED) is 0.389. The molecular weight excluding hydrogens is 470 g/mol. The van der Waals surface area contributed by atoms with Gasteiger partial charge >= 0.3 is 0 Å². The van der Waals surface area contributed by atoms with Crippen molar-refractivity contribution < 1.29 is 19.2 Å². The molecule has 0 aromatic heterocycles. The topological polar surface area (TPSA) is 148 Å². The molecule has 1 heterocycles. The van der Waals surface area contributed by atoms with Crippen LogP contribution >= 0.6 is 0 Å². The van der Waals surface area contributed by atoms with Crippen LogP contribution in [0.15, 0.2) is 0 Å². The van der Waals surface area contributed by atoms with Gasteiger partial charge < -0.3 is 27.0 Å². The second-order valence-electron chi connectivity index (χ2n) is 12.6. The molecule has 210 valence electrons. The Morgan fingerprint density at radius 1 is 0.757 bits per heavy atom. The molecule has 9 nitrogen and oxygen atoms in total. The number of amides is 4. The maximum Gasteiger partial charge on any atom is 0.243 e. The lowest BCUT2D eigenvalue weighted by Gasteiger charge is -2.40. The number of piperidine rings is 1. The van der Waals surface area contributed by atoms with E-state index in [1.165, 1.54) is 0 Å². The van der Waals surface area contributed by atoms with Gasteiger partial charge in [-0.1, -0.05) is 59.3 Å². The van der Waals surface area contributed by atoms with Crippen LogP contribution in [0.3, 0.4) is 0 Å². The van der Waals surface area contributed by atoms with Crippen LogP contribution in [-0.4, -0.2) is 59.2 Å². The lowest BCUT2D eigenvalue weighted by atomic mass is 9.81. The van der Waals surface area contributed by atoms with E-state index in [1.54, 1.807) is 4.90 Å². The summed E-state index contributed by atoms with van der Waals surface area (Å²) < 4.78 is 0. The predicted molar refractivity (Wildman–Crippen MR) is 143 cm³/mol. The summed E-state index contributed by atoms with van der Waals surface area (Å²) in [4.78, 5) is 54.5. The summed E-state index contributed by atoms with van der Waals surface area (Å²) in [6.07, 6.45) is 11.9. The SMILES string of the molecule is CC(C)(C)[C@H](N)C(=O)N1CCCC[C@@H]1C(=O)N[C@H](C(=O)N[C@H](C(N)=O)C1CCCCC1)C1CCCCC1. The normalized spacial score (nSPS) is 24.5. The first-order valence-electron chi connectivity index (χ1n) is 14.5. The summed E-state index contributed by atoms with van der Waals surface area (Å²) in [6.45, 7) is 6.23. The van der Waals surface area contributed by atoms with E-state index in [2.05, 4.69) is 10.6 Å². The number of hydrogen-bond acceptors (Lipinski definition) is 5. The Morgan fingerprint density at radius 3 is 1.78 bits per heavy atom. The van der Waals surface area contributed by atoms with E-state index in [9.17, 15) is 19.2 Å². The number of primary amides is 1. The second-order valence-corrected chi connectivity index (χ2v) is 12.6. The van der Waals surface area contributed by atoms with Gasteiger partial charge in [0.2, 0.25) is 23.6 Å². The molecule has 0 radical (unpaired) electrons. The first kappa shape index (κ1) is 29.4. The fraction of sp³-hybridized carbons (Fsp3) is 0.857. The third-order valence-electron chi connectivity index (χ3n) is 8.71. The molecule has 0 aromatic carbocycles. The van der Waals surface area contributed by atoms with Gasteiger partial charge in [-0.15, -0.1) is 0 Å². The van der Waals surface area contributed by atoms with Crippen molar-refractivity contribution in [1.29, 1.82) is 0 Å². The first-order chi connectivity index (χ1) is 17.5. The van der Waals surface area contributed by atoms with E-state index < -0.39 is 35.5 Å². The van der Waals surface area contributed by atoms with Gasteiger partial charge in [0.1, 0.15) is 18.1 Å². The Labute approximate surface area is 222 Å². The molecule has 9 heteroatoms. The van der Waals surface area contributed by atoms with Crippen molar-refractivity contribution in [3.8, 4) is 0 Å². The van der Waals surface area contributed by atoms with Crippen molar-refractivity contribution in [3.63, 3.8) is 0 Å². The number of carbonyl (C=O) groups is 4.